The van der Waals surface area contributed by atoms with Crippen LogP contribution in [-0.2, 0) is 9.59 Å². The number of nitrogens with one attached hydrogen (secondary N) is 1. The molecule has 5 nitrogen and oxygen atoms in total. The monoisotopic (exact) mass is 400 g/mol. The van der Waals surface area contributed by atoms with Gasteiger partial charge in [0.2, 0.25) is 11.8 Å². The number of hydrogen-bond acceptors (Lipinski definition) is 5. The van der Waals surface area contributed by atoms with Gasteiger partial charge < -0.3 is 4.98 Å². The molecule has 6 rings (SSSR count). The minimum Gasteiger partial charge on any atom is -0.307 e. The summed E-state index contributed by atoms with van der Waals surface area (Å²) in [6, 6.07) is 5.51. The molecule has 2 aliphatic heterocycles. The van der Waals surface area contributed by atoms with Crippen LogP contribution in [-0.4, -0.2) is 22.0 Å². The van der Waals surface area contributed by atoms with Gasteiger partial charge in [0, 0.05) is 5.25 Å². The second-order valence-electron chi connectivity index (χ2n) is 7.44. The predicted molar refractivity (Wildman–Crippen MR) is 100 cm³/mol. The van der Waals surface area contributed by atoms with Crippen LogP contribution < -0.4 is 9.77 Å². The zero-order valence-electron chi connectivity index (χ0n) is 13.8. The van der Waals surface area contributed by atoms with E-state index in [4.69, 9.17) is 0 Å². The first-order valence-corrected chi connectivity index (χ1v) is 10.5. The molecule has 0 unspecified atom stereocenters. The van der Waals surface area contributed by atoms with Gasteiger partial charge in [-0.05, 0) is 48.6 Å². The summed E-state index contributed by atoms with van der Waals surface area (Å²) < 4.78 is 13.2. The molecule has 136 valence electrons. The molecule has 1 aromatic heterocycles. The van der Waals surface area contributed by atoms with E-state index in [1.807, 2.05) is 0 Å². The maximum absolute atomic E-state index is 13.2. The van der Waals surface area contributed by atoms with Crippen LogP contribution >= 0.6 is 23.1 Å². The van der Waals surface area contributed by atoms with Gasteiger partial charge in [-0.15, -0.1) is 0 Å². The van der Waals surface area contributed by atoms with E-state index in [2.05, 4.69) is 11.1 Å². The summed E-state index contributed by atoms with van der Waals surface area (Å²) in [4.78, 5) is 42.9. The Morgan fingerprint density at radius 1 is 1.07 bits per heavy atom. The number of aromatic amines is 1. The van der Waals surface area contributed by atoms with Crippen molar-refractivity contribution in [3.05, 3.63) is 50.2 Å². The molecule has 3 heterocycles. The van der Waals surface area contributed by atoms with Gasteiger partial charge in [-0.3, -0.25) is 19.3 Å². The van der Waals surface area contributed by atoms with Gasteiger partial charge >= 0.3 is 4.87 Å². The largest absolute Gasteiger partial charge is 0.307 e. The van der Waals surface area contributed by atoms with E-state index >= 15 is 0 Å². The summed E-state index contributed by atoms with van der Waals surface area (Å²) in [7, 11) is 0. The summed E-state index contributed by atoms with van der Waals surface area (Å²) in [5.41, 5.74) is 1.63. The first-order valence-electron chi connectivity index (χ1n) is 8.77. The van der Waals surface area contributed by atoms with Crippen LogP contribution in [0.4, 0.5) is 10.1 Å². The summed E-state index contributed by atoms with van der Waals surface area (Å²) in [6.07, 6.45) is 2.89. The number of thiazole rings is 1. The Kier molecular flexibility index (Phi) is 3.05. The zero-order chi connectivity index (χ0) is 18.4. The molecule has 0 spiro atoms. The second kappa shape index (κ2) is 5.20. The highest BCUT2D eigenvalue weighted by molar-refractivity contribution is 8.00. The molecule has 2 aliphatic carbocycles. The smallest absolute Gasteiger partial charge is 0.305 e. The highest BCUT2D eigenvalue weighted by Gasteiger charge is 2.66. The molecule has 5 atom stereocenters. The van der Waals surface area contributed by atoms with Crippen LogP contribution in [0, 0.1) is 29.5 Å². The van der Waals surface area contributed by atoms with Crippen LogP contribution in [0.15, 0.2) is 39.7 Å². The fourth-order valence-electron chi connectivity index (χ4n) is 5.26. The molecule has 1 aromatic carbocycles. The van der Waals surface area contributed by atoms with Crippen LogP contribution in [0.25, 0.3) is 6.08 Å². The number of amides is 2. The maximum Gasteiger partial charge on any atom is 0.305 e. The Bertz CT molecular complexity index is 1100. The molecule has 2 amide bonds. The van der Waals surface area contributed by atoms with Crippen molar-refractivity contribution < 1.29 is 14.0 Å². The van der Waals surface area contributed by atoms with Crippen LogP contribution in [0.5, 0.6) is 0 Å². The Morgan fingerprint density at radius 2 is 1.81 bits per heavy atom. The molecule has 3 fully saturated rings. The number of anilines is 1. The number of rotatable bonds is 1. The number of thioether (sulfide) groups is 1. The van der Waals surface area contributed by atoms with Crippen molar-refractivity contribution in [1.82, 2.24) is 4.98 Å². The Morgan fingerprint density at radius 3 is 2.59 bits per heavy atom. The minimum absolute atomic E-state index is 0.0461. The lowest BCUT2D eigenvalue weighted by Gasteiger charge is -2.32. The Balaban J connectivity index is 1.41. The van der Waals surface area contributed by atoms with Gasteiger partial charge in [0.05, 0.1) is 27.4 Å². The molecule has 2 saturated carbocycles. The van der Waals surface area contributed by atoms with Crippen molar-refractivity contribution in [3.8, 4) is 0 Å². The lowest BCUT2D eigenvalue weighted by atomic mass is 9.77. The SMILES string of the molecule is O=C1[C@@H]2[C@H]3C[C@H](C4=Cc5sc(=O)[nH]c5S[C@H]43)[C@@H]2C(=O)N1c1ccc(F)cc1. The summed E-state index contributed by atoms with van der Waals surface area (Å²) in [5, 5.41) is 1.01. The maximum atomic E-state index is 13.2. The topological polar surface area (TPSA) is 70.2 Å². The molecule has 1 saturated heterocycles. The zero-order valence-corrected chi connectivity index (χ0v) is 15.5. The normalized spacial score (nSPS) is 33.1. The molecule has 2 bridgehead atoms. The number of H-pyrrole nitrogens is 1. The van der Waals surface area contributed by atoms with Crippen molar-refractivity contribution in [2.75, 3.05) is 4.90 Å². The van der Waals surface area contributed by atoms with Crippen molar-refractivity contribution in [2.45, 2.75) is 16.7 Å². The number of carbonyl (C=O) groups is 2. The van der Waals surface area contributed by atoms with Gasteiger partial charge in [0.25, 0.3) is 0 Å². The van der Waals surface area contributed by atoms with E-state index in [0.29, 0.717) is 5.69 Å². The van der Waals surface area contributed by atoms with Crippen LogP contribution in [0.1, 0.15) is 11.3 Å². The molecule has 0 radical (unpaired) electrons. The second-order valence-corrected chi connectivity index (χ2v) is 9.60. The Labute approximate surface area is 161 Å². The van der Waals surface area contributed by atoms with Gasteiger partial charge in [-0.2, -0.15) is 0 Å². The van der Waals surface area contributed by atoms with E-state index < -0.39 is 5.82 Å². The van der Waals surface area contributed by atoms with Crippen molar-refractivity contribution in [1.29, 1.82) is 0 Å². The highest BCUT2D eigenvalue weighted by atomic mass is 32.2. The number of benzene rings is 1. The van der Waals surface area contributed by atoms with E-state index in [1.54, 1.807) is 11.8 Å². The van der Waals surface area contributed by atoms with E-state index in [-0.39, 0.29) is 45.6 Å². The van der Waals surface area contributed by atoms with Crippen molar-refractivity contribution >= 4 is 46.7 Å². The number of carbonyl (C=O) groups excluding carboxylic acids is 2. The lowest BCUT2D eigenvalue weighted by Crippen LogP contribution is -2.34. The first-order chi connectivity index (χ1) is 13.0. The molecule has 8 heteroatoms. The van der Waals surface area contributed by atoms with Gasteiger partial charge in [0.1, 0.15) is 5.82 Å². The van der Waals surface area contributed by atoms with Crippen LogP contribution in [0.2, 0.25) is 0 Å². The predicted octanol–water partition coefficient (Wildman–Crippen LogP) is 2.89. The number of fused-ring (bicyclic) bond motifs is 9. The quantitative estimate of drug-likeness (QED) is 0.748. The standard InChI is InChI=1S/C19H13FN2O3S2/c20-7-1-3-8(4-2-7)22-17(23)13-9-5-11(14(13)18(22)24)15-10(9)6-12-16(27-15)21-19(25)26-12/h1-4,6,9,11,13-15H,5H2,(H,21,25)/t9-,11-,13+,14-,15-/m1/s1. The third kappa shape index (κ3) is 1.97. The average Bonchev–Trinajstić information content (AvgIpc) is 3.35. The molecule has 27 heavy (non-hydrogen) atoms. The molecular formula is C19H13FN2O3S2. The third-order valence-corrected chi connectivity index (χ3v) is 8.63. The van der Waals surface area contributed by atoms with E-state index in [1.165, 1.54) is 46.1 Å². The number of halogens is 1. The number of hydrogen-bond donors (Lipinski definition) is 1. The Hall–Kier alpha value is -2.19. The third-order valence-electron chi connectivity index (χ3n) is 6.23. The number of aromatic nitrogens is 1. The molecule has 2 aromatic rings. The first kappa shape index (κ1) is 15.8. The molecule has 1 N–H and O–H groups in total. The summed E-state index contributed by atoms with van der Waals surface area (Å²) in [6.45, 7) is 0. The van der Waals surface area contributed by atoms with E-state index in [0.717, 1.165) is 16.3 Å². The fraction of sp³-hybridized carbons (Fsp3) is 0.316. The van der Waals surface area contributed by atoms with Gasteiger partial charge in [-0.1, -0.05) is 28.7 Å². The highest BCUT2D eigenvalue weighted by Crippen LogP contribution is 2.64. The van der Waals surface area contributed by atoms with Crippen molar-refractivity contribution in [3.63, 3.8) is 0 Å². The number of imide groups is 1. The average molecular weight is 400 g/mol. The van der Waals surface area contributed by atoms with E-state index in [9.17, 15) is 18.8 Å². The number of nitrogens with zero attached hydrogens (tertiary/aromatic N) is 1. The summed E-state index contributed by atoms with van der Waals surface area (Å²) in [5.74, 6) is -1.28. The van der Waals surface area contributed by atoms with Crippen molar-refractivity contribution in [2.24, 2.45) is 23.7 Å². The lowest BCUT2D eigenvalue weighted by molar-refractivity contribution is -0.123. The summed E-state index contributed by atoms with van der Waals surface area (Å²) >= 11 is 2.80. The molecule has 4 aliphatic rings. The van der Waals surface area contributed by atoms with Gasteiger partial charge in [0.15, 0.2) is 0 Å². The van der Waals surface area contributed by atoms with Gasteiger partial charge in [-0.25, -0.2) is 4.39 Å². The van der Waals surface area contributed by atoms with Crippen LogP contribution in [0.3, 0.4) is 0 Å². The molecular weight excluding hydrogens is 387 g/mol. The minimum atomic E-state index is -0.397. The fourth-order valence-corrected chi connectivity index (χ4v) is 7.70.